The van der Waals surface area contributed by atoms with Crippen LogP contribution in [0.3, 0.4) is 0 Å². The number of piperazine rings is 1. The molecule has 1 saturated heterocycles. The maximum absolute atomic E-state index is 13.2. The molecule has 1 aromatic carbocycles. The number of hydrogen-bond donors (Lipinski definition) is 1. The molecule has 0 spiro atoms. The van der Waals surface area contributed by atoms with Crippen LogP contribution in [0.5, 0.6) is 0 Å². The molecule has 0 saturated carbocycles. The van der Waals surface area contributed by atoms with Crippen molar-refractivity contribution in [3.63, 3.8) is 0 Å². The first-order valence-corrected chi connectivity index (χ1v) is 11.4. The number of likely N-dealkylation sites (N-methyl/N-ethyl adjacent to an activating group) is 1. The second kappa shape index (κ2) is 8.02. The van der Waals surface area contributed by atoms with Crippen molar-refractivity contribution < 1.29 is 0 Å². The number of anilines is 2. The number of nitrogens with two attached hydrogens (primary N) is 1. The molecule has 2 N–H and O–H groups in total. The van der Waals surface area contributed by atoms with E-state index in [1.807, 2.05) is 18.2 Å². The van der Waals surface area contributed by atoms with Gasteiger partial charge in [0, 0.05) is 68.6 Å². The molecule has 0 aliphatic carbocycles. The Morgan fingerprint density at radius 2 is 1.97 bits per heavy atom. The quantitative estimate of drug-likeness (QED) is 0.645. The molecular weight excluding hydrogens is 396 g/mol. The van der Waals surface area contributed by atoms with Crippen LogP contribution in [-0.2, 0) is 19.5 Å². The molecule has 4 heterocycles. The number of thiophene rings is 1. The molecule has 0 bridgehead atoms. The van der Waals surface area contributed by atoms with Crippen molar-refractivity contribution in [2.24, 2.45) is 0 Å². The predicted molar refractivity (Wildman–Crippen MR) is 123 cm³/mol. The van der Waals surface area contributed by atoms with Gasteiger partial charge in [0.1, 0.15) is 4.83 Å². The highest BCUT2D eigenvalue weighted by Crippen LogP contribution is 2.31. The minimum atomic E-state index is 0.125. The normalized spacial score (nSPS) is 18.1. The number of fused-ring (bicyclic) bond motifs is 3. The summed E-state index contributed by atoms with van der Waals surface area (Å²) < 4.78 is 1.80. The van der Waals surface area contributed by atoms with E-state index in [0.717, 1.165) is 68.1 Å². The van der Waals surface area contributed by atoms with Gasteiger partial charge in [-0.15, -0.1) is 11.3 Å². The first kappa shape index (κ1) is 19.5. The maximum atomic E-state index is 13.2. The summed E-state index contributed by atoms with van der Waals surface area (Å²) in [5.74, 6) is 0. The van der Waals surface area contributed by atoms with Gasteiger partial charge >= 0.3 is 0 Å². The fourth-order valence-electron chi connectivity index (χ4n) is 4.51. The lowest BCUT2D eigenvalue weighted by Crippen LogP contribution is -2.47. The minimum Gasteiger partial charge on any atom is -0.399 e. The first-order chi connectivity index (χ1) is 14.6. The fourth-order valence-corrected chi connectivity index (χ4v) is 5.76. The van der Waals surface area contributed by atoms with Crippen molar-refractivity contribution in [3.05, 3.63) is 51.4 Å². The van der Waals surface area contributed by atoms with Crippen LogP contribution in [0.4, 0.5) is 11.4 Å². The summed E-state index contributed by atoms with van der Waals surface area (Å²) in [7, 11) is 2.13. The molecular formula is C22H28N6OS. The van der Waals surface area contributed by atoms with E-state index in [4.69, 9.17) is 5.73 Å². The van der Waals surface area contributed by atoms with Crippen LogP contribution >= 0.6 is 11.3 Å². The highest BCUT2D eigenvalue weighted by molar-refractivity contribution is 7.18. The van der Waals surface area contributed by atoms with Gasteiger partial charge in [-0.05, 0) is 37.2 Å². The van der Waals surface area contributed by atoms with E-state index in [1.165, 1.54) is 16.1 Å². The summed E-state index contributed by atoms with van der Waals surface area (Å²) in [5.41, 5.74) is 9.27. The number of nitrogens with zero attached hydrogens (tertiary/aromatic N) is 5. The van der Waals surface area contributed by atoms with Crippen LogP contribution in [0.25, 0.3) is 10.2 Å². The first-order valence-electron chi connectivity index (χ1n) is 10.6. The molecule has 0 radical (unpaired) electrons. The molecule has 158 valence electrons. The van der Waals surface area contributed by atoms with Gasteiger partial charge in [0.15, 0.2) is 0 Å². The third kappa shape index (κ3) is 3.71. The van der Waals surface area contributed by atoms with Crippen LogP contribution in [0.1, 0.15) is 10.4 Å². The van der Waals surface area contributed by atoms with Gasteiger partial charge in [-0.2, -0.15) is 0 Å². The Labute approximate surface area is 180 Å². The maximum Gasteiger partial charge on any atom is 0.262 e. The third-order valence-electron chi connectivity index (χ3n) is 6.28. The van der Waals surface area contributed by atoms with E-state index < -0.39 is 0 Å². The van der Waals surface area contributed by atoms with Crippen molar-refractivity contribution in [2.45, 2.75) is 19.5 Å². The lowest BCUT2D eigenvalue weighted by Gasteiger charge is -2.36. The van der Waals surface area contributed by atoms with E-state index >= 15 is 0 Å². The number of rotatable bonds is 4. The summed E-state index contributed by atoms with van der Waals surface area (Å²) in [6.45, 7) is 7.40. The van der Waals surface area contributed by atoms with Crippen LogP contribution in [0.2, 0.25) is 0 Å². The molecule has 2 aromatic heterocycles. The largest absolute Gasteiger partial charge is 0.399 e. The zero-order valence-electron chi connectivity index (χ0n) is 17.4. The average Bonchev–Trinajstić information content (AvgIpc) is 3.12. The topological polar surface area (TPSA) is 70.6 Å². The molecule has 3 aromatic rings. The number of nitrogen functional groups attached to an aromatic ring is 1. The Morgan fingerprint density at radius 1 is 1.13 bits per heavy atom. The van der Waals surface area contributed by atoms with Gasteiger partial charge in [0.25, 0.3) is 5.56 Å². The molecule has 5 rings (SSSR count). The van der Waals surface area contributed by atoms with E-state index in [-0.39, 0.29) is 5.56 Å². The zero-order chi connectivity index (χ0) is 20.7. The van der Waals surface area contributed by atoms with Crippen molar-refractivity contribution in [1.82, 2.24) is 19.4 Å². The molecule has 2 aliphatic rings. The smallest absolute Gasteiger partial charge is 0.262 e. The SMILES string of the molecule is CN1CCc2c(sc3ncn(CCN4CCN(c5cccc(N)c5)CC4)c(=O)c23)C1. The third-order valence-corrected chi connectivity index (χ3v) is 7.41. The van der Waals surface area contributed by atoms with E-state index in [9.17, 15) is 4.79 Å². The summed E-state index contributed by atoms with van der Waals surface area (Å²) in [6, 6.07) is 8.08. The Morgan fingerprint density at radius 3 is 2.77 bits per heavy atom. The monoisotopic (exact) mass is 424 g/mol. The molecule has 2 aliphatic heterocycles. The second-order valence-corrected chi connectivity index (χ2v) is 9.42. The standard InChI is InChI=1S/C22H28N6OS/c1-25-6-5-18-19(14-25)30-21-20(18)22(29)28(15-24-21)12-9-26-7-10-27(11-8-26)17-4-2-3-16(23)13-17/h2-4,13,15H,5-12,14,23H2,1H3. The summed E-state index contributed by atoms with van der Waals surface area (Å²) >= 11 is 1.68. The predicted octanol–water partition coefficient (Wildman–Crippen LogP) is 1.85. The van der Waals surface area contributed by atoms with Gasteiger partial charge in [0.05, 0.1) is 11.7 Å². The Bertz CT molecular complexity index is 1110. The minimum absolute atomic E-state index is 0.125. The lowest BCUT2D eigenvalue weighted by molar-refractivity contribution is 0.247. The van der Waals surface area contributed by atoms with Crippen LogP contribution in [0, 0.1) is 0 Å². The van der Waals surface area contributed by atoms with E-state index in [0.29, 0.717) is 6.54 Å². The molecule has 0 unspecified atom stereocenters. The number of aromatic nitrogens is 2. The Hall–Kier alpha value is -2.42. The number of hydrogen-bond acceptors (Lipinski definition) is 7. The van der Waals surface area contributed by atoms with Crippen LogP contribution in [0.15, 0.2) is 35.4 Å². The summed E-state index contributed by atoms with van der Waals surface area (Å²) in [6.07, 6.45) is 2.68. The average molecular weight is 425 g/mol. The summed E-state index contributed by atoms with van der Waals surface area (Å²) in [4.78, 5) is 27.1. The van der Waals surface area contributed by atoms with Gasteiger partial charge in [-0.1, -0.05) is 6.07 Å². The van der Waals surface area contributed by atoms with Gasteiger partial charge in [0.2, 0.25) is 0 Å². The van der Waals surface area contributed by atoms with E-state index in [2.05, 4.69) is 32.8 Å². The number of benzene rings is 1. The Balaban J connectivity index is 1.25. The van der Waals surface area contributed by atoms with Crippen LogP contribution < -0.4 is 16.2 Å². The molecule has 0 amide bonds. The molecule has 7 nitrogen and oxygen atoms in total. The summed E-state index contributed by atoms with van der Waals surface area (Å²) in [5, 5.41) is 0.858. The van der Waals surface area contributed by atoms with Gasteiger partial charge in [-0.25, -0.2) is 4.98 Å². The molecule has 8 heteroatoms. The van der Waals surface area contributed by atoms with Gasteiger partial charge in [-0.3, -0.25) is 14.3 Å². The Kier molecular flexibility index (Phi) is 5.22. The molecule has 1 fully saturated rings. The van der Waals surface area contributed by atoms with E-state index in [1.54, 1.807) is 22.2 Å². The van der Waals surface area contributed by atoms with Crippen LogP contribution in [-0.4, -0.2) is 65.7 Å². The van der Waals surface area contributed by atoms with Gasteiger partial charge < -0.3 is 15.5 Å². The van der Waals surface area contributed by atoms with Crippen molar-refractivity contribution in [1.29, 1.82) is 0 Å². The van der Waals surface area contributed by atoms with Crippen molar-refractivity contribution in [3.8, 4) is 0 Å². The fraction of sp³-hybridized carbons (Fsp3) is 0.455. The second-order valence-electron chi connectivity index (χ2n) is 8.34. The van der Waals surface area contributed by atoms with Crippen molar-refractivity contribution >= 4 is 32.9 Å². The zero-order valence-corrected chi connectivity index (χ0v) is 18.2. The van der Waals surface area contributed by atoms with Crippen molar-refractivity contribution in [2.75, 3.05) is 56.9 Å². The molecule has 30 heavy (non-hydrogen) atoms. The highest BCUT2D eigenvalue weighted by atomic mass is 32.1. The highest BCUT2D eigenvalue weighted by Gasteiger charge is 2.22. The lowest BCUT2D eigenvalue weighted by atomic mass is 10.1. The molecule has 0 atom stereocenters.